The lowest BCUT2D eigenvalue weighted by molar-refractivity contribution is -0.138. The fourth-order valence-electron chi connectivity index (χ4n) is 4.61. The first-order chi connectivity index (χ1) is 14.1. The van der Waals surface area contributed by atoms with E-state index in [1.807, 2.05) is 18.2 Å². The highest BCUT2D eigenvalue weighted by Crippen LogP contribution is 2.28. The minimum Gasteiger partial charge on any atom is -0.342 e. The molecule has 1 amide bonds. The molecule has 2 fully saturated rings. The molecular formula is C24H30FN3O. The van der Waals surface area contributed by atoms with E-state index in [1.165, 1.54) is 6.07 Å². The van der Waals surface area contributed by atoms with Gasteiger partial charge in [-0.25, -0.2) is 4.39 Å². The Kier molecular flexibility index (Phi) is 6.24. The van der Waals surface area contributed by atoms with E-state index in [4.69, 9.17) is 4.98 Å². The molecule has 0 aliphatic carbocycles. The van der Waals surface area contributed by atoms with Gasteiger partial charge >= 0.3 is 0 Å². The molecule has 3 heterocycles. The summed E-state index contributed by atoms with van der Waals surface area (Å²) in [5, 5.41) is 0. The molecule has 1 aromatic heterocycles. The van der Waals surface area contributed by atoms with Gasteiger partial charge in [-0.3, -0.25) is 9.78 Å². The number of nitrogens with zero attached hydrogens (tertiary/aromatic N) is 3. The van der Waals surface area contributed by atoms with E-state index in [0.717, 1.165) is 68.8 Å². The third-order valence-electron chi connectivity index (χ3n) is 6.32. The van der Waals surface area contributed by atoms with Gasteiger partial charge in [0, 0.05) is 42.7 Å². The second kappa shape index (κ2) is 9.04. The van der Waals surface area contributed by atoms with Crippen LogP contribution in [0.5, 0.6) is 0 Å². The monoisotopic (exact) mass is 395 g/mol. The zero-order chi connectivity index (χ0) is 20.2. The maximum atomic E-state index is 13.5. The van der Waals surface area contributed by atoms with Crippen LogP contribution in [0, 0.1) is 11.7 Å². The van der Waals surface area contributed by atoms with Crippen molar-refractivity contribution in [3.8, 4) is 0 Å². The number of aromatic nitrogens is 1. The van der Waals surface area contributed by atoms with E-state index in [0.29, 0.717) is 12.3 Å². The van der Waals surface area contributed by atoms with Gasteiger partial charge in [-0.15, -0.1) is 0 Å². The summed E-state index contributed by atoms with van der Waals surface area (Å²) in [7, 11) is 2.13. The molecule has 2 aliphatic heterocycles. The number of amides is 1. The fraction of sp³-hybridized carbons (Fsp3) is 0.500. The number of halogens is 1. The first kappa shape index (κ1) is 20.0. The topological polar surface area (TPSA) is 36.4 Å². The Balaban J connectivity index is 1.42. The molecule has 1 unspecified atom stereocenters. The van der Waals surface area contributed by atoms with Crippen molar-refractivity contribution in [1.29, 1.82) is 0 Å². The smallest absolute Gasteiger partial charge is 0.225 e. The number of pyridine rings is 1. The molecule has 0 spiro atoms. The molecule has 0 bridgehead atoms. The van der Waals surface area contributed by atoms with Gasteiger partial charge in [-0.05, 0) is 75.6 Å². The summed E-state index contributed by atoms with van der Waals surface area (Å²) in [4.78, 5) is 22.3. The summed E-state index contributed by atoms with van der Waals surface area (Å²) < 4.78 is 13.5. The Morgan fingerprint density at radius 1 is 1.10 bits per heavy atom. The van der Waals surface area contributed by atoms with Crippen LogP contribution in [0.4, 0.5) is 4.39 Å². The van der Waals surface area contributed by atoms with Gasteiger partial charge in [-0.1, -0.05) is 18.2 Å². The Morgan fingerprint density at radius 3 is 2.69 bits per heavy atom. The number of hydrogen-bond acceptors (Lipinski definition) is 3. The van der Waals surface area contributed by atoms with Crippen LogP contribution in [0.2, 0.25) is 0 Å². The quantitative estimate of drug-likeness (QED) is 0.789. The summed E-state index contributed by atoms with van der Waals surface area (Å²) in [6.07, 6.45) is 4.65. The number of likely N-dealkylation sites (tertiary alicyclic amines) is 2. The van der Waals surface area contributed by atoms with E-state index in [2.05, 4.69) is 22.9 Å². The Hall–Kier alpha value is -2.27. The predicted octanol–water partition coefficient (Wildman–Crippen LogP) is 3.86. The number of benzene rings is 1. The summed E-state index contributed by atoms with van der Waals surface area (Å²) in [5.41, 5.74) is 2.93. The van der Waals surface area contributed by atoms with Gasteiger partial charge in [0.25, 0.3) is 0 Å². The standard InChI is InChI=1S/C24H30FN3O/c1-27-13-10-19(11-14-27)24(29)28-12-4-6-20(17-28)23-9-3-8-22(26-23)16-18-5-2-7-21(25)15-18/h2-3,5,7-9,15,19-20H,4,6,10-14,16-17H2,1H3. The average molecular weight is 396 g/mol. The molecule has 29 heavy (non-hydrogen) atoms. The number of carbonyl (C=O) groups is 1. The van der Waals surface area contributed by atoms with E-state index >= 15 is 0 Å². The lowest BCUT2D eigenvalue weighted by Crippen LogP contribution is -2.45. The number of carbonyl (C=O) groups excluding carboxylic acids is 1. The van der Waals surface area contributed by atoms with Crippen molar-refractivity contribution in [1.82, 2.24) is 14.8 Å². The number of rotatable bonds is 4. The van der Waals surface area contributed by atoms with E-state index < -0.39 is 0 Å². The molecule has 0 saturated carbocycles. The van der Waals surface area contributed by atoms with Crippen molar-refractivity contribution >= 4 is 5.91 Å². The third-order valence-corrected chi connectivity index (χ3v) is 6.32. The fourth-order valence-corrected chi connectivity index (χ4v) is 4.61. The summed E-state index contributed by atoms with van der Waals surface area (Å²) in [6, 6.07) is 12.8. The zero-order valence-electron chi connectivity index (χ0n) is 17.2. The largest absolute Gasteiger partial charge is 0.342 e. The van der Waals surface area contributed by atoms with Crippen molar-refractivity contribution in [3.63, 3.8) is 0 Å². The molecule has 4 rings (SSSR count). The normalized spacial score (nSPS) is 21.3. The first-order valence-corrected chi connectivity index (χ1v) is 10.8. The van der Waals surface area contributed by atoms with Crippen molar-refractivity contribution in [3.05, 3.63) is 65.2 Å². The van der Waals surface area contributed by atoms with Crippen LogP contribution in [-0.2, 0) is 11.2 Å². The van der Waals surface area contributed by atoms with Crippen LogP contribution in [0.1, 0.15) is 48.6 Å². The SMILES string of the molecule is CN1CCC(C(=O)N2CCCC(c3cccc(Cc4cccc(F)c4)n3)C2)CC1. The van der Waals surface area contributed by atoms with Gasteiger partial charge in [0.2, 0.25) is 5.91 Å². The van der Waals surface area contributed by atoms with Gasteiger partial charge in [-0.2, -0.15) is 0 Å². The molecular weight excluding hydrogens is 365 g/mol. The number of piperidine rings is 2. The predicted molar refractivity (Wildman–Crippen MR) is 112 cm³/mol. The van der Waals surface area contributed by atoms with Crippen LogP contribution in [0.25, 0.3) is 0 Å². The summed E-state index contributed by atoms with van der Waals surface area (Å²) in [6.45, 7) is 3.65. The highest BCUT2D eigenvalue weighted by molar-refractivity contribution is 5.79. The van der Waals surface area contributed by atoms with Crippen molar-refractivity contribution in [2.45, 2.75) is 38.0 Å². The van der Waals surface area contributed by atoms with Crippen LogP contribution in [0.3, 0.4) is 0 Å². The van der Waals surface area contributed by atoms with E-state index in [-0.39, 0.29) is 17.7 Å². The van der Waals surface area contributed by atoms with E-state index in [9.17, 15) is 9.18 Å². The summed E-state index contributed by atoms with van der Waals surface area (Å²) >= 11 is 0. The molecule has 2 aromatic rings. The molecule has 0 N–H and O–H groups in total. The maximum absolute atomic E-state index is 13.5. The molecule has 2 saturated heterocycles. The Labute approximate surface area is 172 Å². The summed E-state index contributed by atoms with van der Waals surface area (Å²) in [5.74, 6) is 0.580. The molecule has 1 atom stereocenters. The molecule has 0 radical (unpaired) electrons. The maximum Gasteiger partial charge on any atom is 0.225 e. The second-order valence-corrected chi connectivity index (χ2v) is 8.56. The van der Waals surface area contributed by atoms with Crippen LogP contribution in [-0.4, -0.2) is 53.9 Å². The minimum absolute atomic E-state index is 0.178. The molecule has 2 aliphatic rings. The molecule has 4 nitrogen and oxygen atoms in total. The van der Waals surface area contributed by atoms with Crippen LogP contribution in [0.15, 0.2) is 42.5 Å². The lowest BCUT2D eigenvalue weighted by Gasteiger charge is -2.37. The molecule has 1 aromatic carbocycles. The number of hydrogen-bond donors (Lipinski definition) is 0. The Morgan fingerprint density at radius 2 is 1.90 bits per heavy atom. The van der Waals surface area contributed by atoms with Gasteiger partial charge in [0.1, 0.15) is 5.82 Å². The lowest BCUT2D eigenvalue weighted by atomic mass is 9.90. The van der Waals surface area contributed by atoms with E-state index in [1.54, 1.807) is 12.1 Å². The Bertz CT molecular complexity index is 848. The molecule has 154 valence electrons. The van der Waals surface area contributed by atoms with Gasteiger partial charge in [0.15, 0.2) is 0 Å². The van der Waals surface area contributed by atoms with Crippen molar-refractivity contribution < 1.29 is 9.18 Å². The third kappa shape index (κ3) is 5.02. The highest BCUT2D eigenvalue weighted by atomic mass is 19.1. The average Bonchev–Trinajstić information content (AvgIpc) is 2.74. The molecule has 5 heteroatoms. The minimum atomic E-state index is -0.214. The first-order valence-electron chi connectivity index (χ1n) is 10.8. The van der Waals surface area contributed by atoms with Crippen LogP contribution < -0.4 is 0 Å². The van der Waals surface area contributed by atoms with Crippen molar-refractivity contribution in [2.24, 2.45) is 5.92 Å². The highest BCUT2D eigenvalue weighted by Gasteiger charge is 2.31. The zero-order valence-corrected chi connectivity index (χ0v) is 17.2. The second-order valence-electron chi connectivity index (χ2n) is 8.56. The van der Waals surface area contributed by atoms with Crippen molar-refractivity contribution in [2.75, 3.05) is 33.2 Å². The van der Waals surface area contributed by atoms with Gasteiger partial charge < -0.3 is 9.80 Å². The van der Waals surface area contributed by atoms with Gasteiger partial charge in [0.05, 0.1) is 0 Å². The van der Waals surface area contributed by atoms with Crippen LogP contribution >= 0.6 is 0 Å².